The van der Waals surface area contributed by atoms with Crippen LogP contribution in [0, 0.1) is 5.92 Å². The van der Waals surface area contributed by atoms with Crippen LogP contribution in [-0.2, 0) is 9.59 Å². The first-order valence-electron chi connectivity index (χ1n) is 9.54. The predicted molar refractivity (Wildman–Crippen MR) is 117 cm³/mol. The lowest BCUT2D eigenvalue weighted by atomic mass is 10.1. The highest BCUT2D eigenvalue weighted by molar-refractivity contribution is 6.31. The second-order valence-corrected chi connectivity index (χ2v) is 7.58. The largest absolute Gasteiger partial charge is 0.497 e. The molecule has 7 nitrogen and oxygen atoms in total. The number of carbonyl (C=O) groups is 3. The van der Waals surface area contributed by atoms with Crippen molar-refractivity contribution in [2.24, 2.45) is 5.92 Å². The average molecular weight is 432 g/mol. The van der Waals surface area contributed by atoms with Crippen LogP contribution in [0.5, 0.6) is 5.75 Å². The van der Waals surface area contributed by atoms with E-state index in [0.717, 1.165) is 0 Å². The van der Waals surface area contributed by atoms with E-state index in [-0.39, 0.29) is 30.8 Å². The summed E-state index contributed by atoms with van der Waals surface area (Å²) in [5.41, 5.74) is 1.00. The number of nitrogens with zero attached hydrogens (tertiary/aromatic N) is 1. The van der Waals surface area contributed by atoms with Crippen LogP contribution in [0.1, 0.15) is 24.2 Å². The van der Waals surface area contributed by atoms with Crippen molar-refractivity contribution in [3.8, 4) is 5.75 Å². The minimum atomic E-state index is -0.420. The summed E-state index contributed by atoms with van der Waals surface area (Å²) in [6.07, 6.45) is 0. The molecule has 2 aromatic carbocycles. The van der Waals surface area contributed by atoms with Gasteiger partial charge in [-0.25, -0.2) is 0 Å². The van der Waals surface area contributed by atoms with Gasteiger partial charge >= 0.3 is 0 Å². The summed E-state index contributed by atoms with van der Waals surface area (Å²) in [5.74, 6) is -0.236. The fourth-order valence-corrected chi connectivity index (χ4v) is 2.94. The van der Waals surface area contributed by atoms with Gasteiger partial charge in [-0.15, -0.1) is 0 Å². The van der Waals surface area contributed by atoms with Gasteiger partial charge in [0.2, 0.25) is 11.8 Å². The number of amides is 3. The monoisotopic (exact) mass is 431 g/mol. The first kappa shape index (κ1) is 23.2. The number of ether oxygens (including phenoxy) is 1. The van der Waals surface area contributed by atoms with Crippen molar-refractivity contribution in [2.45, 2.75) is 13.8 Å². The molecule has 0 heterocycles. The molecule has 0 saturated heterocycles. The van der Waals surface area contributed by atoms with Gasteiger partial charge in [0.25, 0.3) is 5.91 Å². The van der Waals surface area contributed by atoms with Gasteiger partial charge in [-0.05, 0) is 48.4 Å². The van der Waals surface area contributed by atoms with Crippen molar-refractivity contribution in [2.75, 3.05) is 32.1 Å². The third-order valence-corrected chi connectivity index (χ3v) is 4.33. The third-order valence-electron chi connectivity index (χ3n) is 4.10. The molecule has 2 rings (SSSR count). The van der Waals surface area contributed by atoms with Gasteiger partial charge in [0.05, 0.1) is 20.2 Å². The van der Waals surface area contributed by atoms with Crippen LogP contribution in [0.15, 0.2) is 48.5 Å². The Balaban J connectivity index is 1.91. The maximum atomic E-state index is 12.8. The summed E-state index contributed by atoms with van der Waals surface area (Å²) < 4.78 is 5.07. The van der Waals surface area contributed by atoms with Crippen LogP contribution in [0.3, 0.4) is 0 Å². The number of benzene rings is 2. The minimum absolute atomic E-state index is 0.153. The molecule has 2 N–H and O–H groups in total. The molecule has 8 heteroatoms. The summed E-state index contributed by atoms with van der Waals surface area (Å²) in [5, 5.41) is 5.68. The van der Waals surface area contributed by atoms with Crippen molar-refractivity contribution in [1.82, 2.24) is 10.2 Å². The van der Waals surface area contributed by atoms with Gasteiger partial charge in [-0.2, -0.15) is 0 Å². The molecule has 0 aliphatic heterocycles. The van der Waals surface area contributed by atoms with Crippen molar-refractivity contribution in [3.05, 3.63) is 59.1 Å². The average Bonchev–Trinajstić information content (AvgIpc) is 2.71. The number of methoxy groups -OCH3 is 1. The number of nitrogens with one attached hydrogen (secondary N) is 2. The van der Waals surface area contributed by atoms with Crippen molar-refractivity contribution >= 4 is 35.0 Å². The highest BCUT2D eigenvalue weighted by Gasteiger charge is 2.20. The molecule has 0 fully saturated rings. The van der Waals surface area contributed by atoms with Gasteiger partial charge in [-0.1, -0.05) is 31.5 Å². The number of rotatable bonds is 9. The van der Waals surface area contributed by atoms with Gasteiger partial charge in [0, 0.05) is 22.8 Å². The Hall–Kier alpha value is -3.06. The smallest absolute Gasteiger partial charge is 0.254 e. The lowest BCUT2D eigenvalue weighted by Crippen LogP contribution is -2.44. The fourth-order valence-electron chi connectivity index (χ4n) is 2.75. The van der Waals surface area contributed by atoms with E-state index in [1.165, 1.54) is 4.90 Å². The number of halogens is 1. The van der Waals surface area contributed by atoms with E-state index in [0.29, 0.717) is 28.6 Å². The van der Waals surface area contributed by atoms with Crippen molar-refractivity contribution in [1.29, 1.82) is 0 Å². The third kappa shape index (κ3) is 7.40. The number of hydrogen-bond donors (Lipinski definition) is 2. The summed E-state index contributed by atoms with van der Waals surface area (Å²) in [6, 6.07) is 13.4. The Morgan fingerprint density at radius 1 is 1.07 bits per heavy atom. The Kier molecular flexibility index (Phi) is 8.68. The SMILES string of the molecule is COc1ccc(NC(=O)CNC(=O)CN(CC(C)C)C(=O)c2cccc(Cl)c2)cc1. The molecule has 0 unspecified atom stereocenters. The molecule has 0 bridgehead atoms. The highest BCUT2D eigenvalue weighted by Crippen LogP contribution is 2.15. The number of carbonyl (C=O) groups excluding carboxylic acids is 3. The first-order chi connectivity index (χ1) is 14.3. The molecule has 30 heavy (non-hydrogen) atoms. The molecule has 0 atom stereocenters. The zero-order chi connectivity index (χ0) is 22.1. The number of hydrogen-bond acceptors (Lipinski definition) is 4. The van der Waals surface area contributed by atoms with Crippen LogP contribution >= 0.6 is 11.6 Å². The molecular weight excluding hydrogens is 406 g/mol. The van der Waals surface area contributed by atoms with Crippen LogP contribution < -0.4 is 15.4 Å². The molecule has 0 radical (unpaired) electrons. The van der Waals surface area contributed by atoms with Gasteiger partial charge < -0.3 is 20.3 Å². The normalized spacial score (nSPS) is 10.4. The Morgan fingerprint density at radius 3 is 2.37 bits per heavy atom. The maximum absolute atomic E-state index is 12.8. The second kappa shape index (κ2) is 11.2. The topological polar surface area (TPSA) is 87.7 Å². The van der Waals surface area contributed by atoms with Gasteiger partial charge in [0.15, 0.2) is 0 Å². The summed E-state index contributed by atoms with van der Waals surface area (Å²) >= 11 is 5.97. The molecule has 0 spiro atoms. The quantitative estimate of drug-likeness (QED) is 0.638. The van der Waals surface area contributed by atoms with E-state index in [2.05, 4.69) is 10.6 Å². The molecule has 2 aromatic rings. The predicted octanol–water partition coefficient (Wildman–Crippen LogP) is 3.20. The second-order valence-electron chi connectivity index (χ2n) is 7.14. The first-order valence-corrected chi connectivity index (χ1v) is 9.91. The fraction of sp³-hybridized carbons (Fsp3) is 0.318. The molecule has 0 aliphatic rings. The molecule has 3 amide bonds. The zero-order valence-corrected chi connectivity index (χ0v) is 18.0. The summed E-state index contributed by atoms with van der Waals surface area (Å²) in [4.78, 5) is 38.7. The molecule has 160 valence electrons. The van der Waals surface area contributed by atoms with E-state index in [1.54, 1.807) is 55.6 Å². The van der Waals surface area contributed by atoms with Crippen LogP contribution in [0.4, 0.5) is 5.69 Å². The van der Waals surface area contributed by atoms with Crippen molar-refractivity contribution in [3.63, 3.8) is 0 Å². The van der Waals surface area contributed by atoms with Crippen LogP contribution in [0.25, 0.3) is 0 Å². The highest BCUT2D eigenvalue weighted by atomic mass is 35.5. The van der Waals surface area contributed by atoms with Gasteiger partial charge in [0.1, 0.15) is 5.75 Å². The molecule has 0 aromatic heterocycles. The number of anilines is 1. The Morgan fingerprint density at radius 2 is 1.77 bits per heavy atom. The van der Waals surface area contributed by atoms with Crippen LogP contribution in [0.2, 0.25) is 5.02 Å². The summed E-state index contributed by atoms with van der Waals surface area (Å²) in [7, 11) is 1.56. The molecule has 0 aliphatic carbocycles. The molecular formula is C22H26ClN3O4. The zero-order valence-electron chi connectivity index (χ0n) is 17.3. The van der Waals surface area contributed by atoms with Crippen LogP contribution in [-0.4, -0.2) is 49.4 Å². The lowest BCUT2D eigenvalue weighted by molar-refractivity contribution is -0.124. The van der Waals surface area contributed by atoms with E-state index in [9.17, 15) is 14.4 Å². The molecule has 0 saturated carbocycles. The maximum Gasteiger partial charge on any atom is 0.254 e. The van der Waals surface area contributed by atoms with E-state index >= 15 is 0 Å². The van der Waals surface area contributed by atoms with Gasteiger partial charge in [-0.3, -0.25) is 14.4 Å². The lowest BCUT2D eigenvalue weighted by Gasteiger charge is -2.24. The summed E-state index contributed by atoms with van der Waals surface area (Å²) in [6.45, 7) is 3.96. The standard InChI is InChI=1S/C22H26ClN3O4/c1-15(2)13-26(22(29)16-5-4-6-17(23)11-16)14-21(28)24-12-20(27)25-18-7-9-19(30-3)10-8-18/h4-11,15H,12-14H2,1-3H3,(H,24,28)(H,25,27). The van der Waals surface area contributed by atoms with E-state index in [1.807, 2.05) is 13.8 Å². The minimum Gasteiger partial charge on any atom is -0.497 e. The Bertz CT molecular complexity index is 884. The Labute approximate surface area is 181 Å². The van der Waals surface area contributed by atoms with E-state index < -0.39 is 5.91 Å². The van der Waals surface area contributed by atoms with E-state index in [4.69, 9.17) is 16.3 Å². The van der Waals surface area contributed by atoms with Crippen molar-refractivity contribution < 1.29 is 19.1 Å².